The van der Waals surface area contributed by atoms with Crippen molar-refractivity contribution in [2.45, 2.75) is 58.5 Å². The van der Waals surface area contributed by atoms with Crippen molar-refractivity contribution >= 4 is 12.0 Å². The van der Waals surface area contributed by atoms with Gasteiger partial charge in [-0.25, -0.2) is 9.79 Å². The molecular formula is C20H33N5O. The molecule has 0 saturated carbocycles. The highest BCUT2D eigenvalue weighted by Gasteiger charge is 2.21. The average molecular weight is 360 g/mol. The van der Waals surface area contributed by atoms with E-state index in [1.165, 1.54) is 11.1 Å². The fraction of sp³-hybridized carbons (Fsp3) is 0.600. The topological polar surface area (TPSA) is 82.8 Å². The zero-order valence-corrected chi connectivity index (χ0v) is 16.5. The normalized spacial score (nSPS) is 16.5. The molecule has 0 aromatic heterocycles. The van der Waals surface area contributed by atoms with E-state index >= 15 is 0 Å². The number of carbonyl (C=O) groups excluding carboxylic acids is 1. The van der Waals surface area contributed by atoms with Crippen molar-refractivity contribution in [2.24, 2.45) is 10.7 Å². The molecule has 1 aliphatic heterocycles. The second-order valence-electron chi connectivity index (χ2n) is 7.89. The number of nitrogens with zero attached hydrogens (tertiary/aromatic N) is 2. The van der Waals surface area contributed by atoms with Crippen molar-refractivity contribution in [3.05, 3.63) is 35.4 Å². The molecule has 1 saturated heterocycles. The summed E-state index contributed by atoms with van der Waals surface area (Å²) < 4.78 is 0. The summed E-state index contributed by atoms with van der Waals surface area (Å²) in [7, 11) is 0. The number of primary amides is 1. The van der Waals surface area contributed by atoms with E-state index in [4.69, 9.17) is 10.7 Å². The van der Waals surface area contributed by atoms with Gasteiger partial charge in [0.1, 0.15) is 0 Å². The van der Waals surface area contributed by atoms with Crippen LogP contribution >= 0.6 is 0 Å². The fourth-order valence-corrected chi connectivity index (χ4v) is 3.04. The lowest BCUT2D eigenvalue weighted by Gasteiger charge is -2.32. The number of hydrogen-bond donors (Lipinski definition) is 3. The van der Waals surface area contributed by atoms with Crippen LogP contribution in [0.1, 0.15) is 51.7 Å². The molecule has 6 heteroatoms. The van der Waals surface area contributed by atoms with Gasteiger partial charge >= 0.3 is 6.03 Å². The highest BCUT2D eigenvalue weighted by atomic mass is 16.2. The van der Waals surface area contributed by atoms with Crippen molar-refractivity contribution in [1.29, 1.82) is 0 Å². The smallest absolute Gasteiger partial charge is 0.314 e. The minimum absolute atomic E-state index is 0.165. The number of guanidine groups is 1. The van der Waals surface area contributed by atoms with Gasteiger partial charge in [0.15, 0.2) is 5.96 Å². The molecule has 1 fully saturated rings. The average Bonchev–Trinajstić information content (AvgIpc) is 2.60. The van der Waals surface area contributed by atoms with E-state index in [1.54, 1.807) is 4.90 Å². The lowest BCUT2D eigenvalue weighted by molar-refractivity contribution is 0.188. The van der Waals surface area contributed by atoms with E-state index in [9.17, 15) is 4.79 Å². The minimum Gasteiger partial charge on any atom is -0.357 e. The van der Waals surface area contributed by atoms with E-state index in [2.05, 4.69) is 62.6 Å². The van der Waals surface area contributed by atoms with Gasteiger partial charge in [0, 0.05) is 25.7 Å². The molecule has 0 aliphatic carbocycles. The first-order chi connectivity index (χ1) is 12.3. The molecule has 1 aromatic rings. The van der Waals surface area contributed by atoms with Gasteiger partial charge in [-0.3, -0.25) is 0 Å². The number of rotatable bonds is 4. The number of benzene rings is 1. The van der Waals surface area contributed by atoms with Gasteiger partial charge in [0.05, 0.1) is 6.54 Å². The van der Waals surface area contributed by atoms with E-state index in [0.717, 1.165) is 25.3 Å². The summed E-state index contributed by atoms with van der Waals surface area (Å²) in [6.07, 6.45) is 1.77. The first-order valence-corrected chi connectivity index (χ1v) is 9.48. The predicted octanol–water partition coefficient (Wildman–Crippen LogP) is 2.58. The van der Waals surface area contributed by atoms with E-state index < -0.39 is 0 Å². The molecule has 0 atom stereocenters. The van der Waals surface area contributed by atoms with Crippen molar-refractivity contribution in [3.63, 3.8) is 0 Å². The summed E-state index contributed by atoms with van der Waals surface area (Å²) in [5.74, 6) is 0.824. The lowest BCUT2D eigenvalue weighted by Crippen LogP contribution is -2.50. The molecule has 1 aliphatic rings. The van der Waals surface area contributed by atoms with E-state index in [1.807, 2.05) is 0 Å². The van der Waals surface area contributed by atoms with Crippen LogP contribution in [0, 0.1) is 0 Å². The van der Waals surface area contributed by atoms with Crippen LogP contribution in [-0.4, -0.2) is 42.6 Å². The third-order valence-corrected chi connectivity index (χ3v) is 4.73. The maximum absolute atomic E-state index is 11.2. The van der Waals surface area contributed by atoms with E-state index in [0.29, 0.717) is 25.7 Å². The Morgan fingerprint density at radius 1 is 1.23 bits per heavy atom. The van der Waals surface area contributed by atoms with Crippen LogP contribution in [-0.2, 0) is 12.0 Å². The molecule has 1 aromatic carbocycles. The standard InChI is InChI=1S/C20H33N5O/c1-5-22-19(24-17-10-12-25(13-11-17)18(21)26)23-14-15-6-8-16(9-7-15)20(2,3)4/h6-9,17H,5,10-14H2,1-4H3,(H2,21,26)(H2,22,23,24). The zero-order chi connectivity index (χ0) is 19.2. The Balaban J connectivity index is 1.93. The molecule has 2 amide bonds. The Hall–Kier alpha value is -2.24. The number of nitrogens with two attached hydrogens (primary N) is 1. The molecule has 4 N–H and O–H groups in total. The Labute approximate surface area is 157 Å². The maximum atomic E-state index is 11.2. The maximum Gasteiger partial charge on any atom is 0.314 e. The summed E-state index contributed by atoms with van der Waals surface area (Å²) in [6, 6.07) is 8.66. The first kappa shape index (κ1) is 20.1. The van der Waals surface area contributed by atoms with Crippen LogP contribution < -0.4 is 16.4 Å². The number of nitrogens with one attached hydrogen (secondary N) is 2. The van der Waals surface area contributed by atoms with Crippen molar-refractivity contribution in [1.82, 2.24) is 15.5 Å². The van der Waals surface area contributed by atoms with Gasteiger partial charge in [0.25, 0.3) is 0 Å². The second-order valence-corrected chi connectivity index (χ2v) is 7.89. The molecule has 0 spiro atoms. The Bertz CT molecular complexity index is 610. The largest absolute Gasteiger partial charge is 0.357 e. The van der Waals surface area contributed by atoms with Crippen molar-refractivity contribution < 1.29 is 4.79 Å². The SMILES string of the molecule is CCNC(=NCc1ccc(C(C)(C)C)cc1)NC1CCN(C(N)=O)CC1. The van der Waals surface area contributed by atoms with Crippen molar-refractivity contribution in [3.8, 4) is 0 Å². The minimum atomic E-state index is -0.331. The Morgan fingerprint density at radius 3 is 2.35 bits per heavy atom. The van der Waals surface area contributed by atoms with Gasteiger partial charge < -0.3 is 21.3 Å². The second kappa shape index (κ2) is 8.92. The number of hydrogen-bond acceptors (Lipinski definition) is 2. The van der Waals surface area contributed by atoms with E-state index in [-0.39, 0.29) is 11.4 Å². The molecule has 0 radical (unpaired) electrons. The van der Waals surface area contributed by atoms with Gasteiger partial charge in [-0.05, 0) is 36.3 Å². The summed E-state index contributed by atoms with van der Waals surface area (Å²) >= 11 is 0. The summed E-state index contributed by atoms with van der Waals surface area (Å²) in [5.41, 5.74) is 8.03. The quantitative estimate of drug-likeness (QED) is 0.571. The number of amides is 2. The van der Waals surface area contributed by atoms with Crippen LogP contribution in [0.5, 0.6) is 0 Å². The molecule has 26 heavy (non-hydrogen) atoms. The zero-order valence-electron chi connectivity index (χ0n) is 16.5. The number of likely N-dealkylation sites (tertiary alicyclic amines) is 1. The number of piperidine rings is 1. The first-order valence-electron chi connectivity index (χ1n) is 9.48. The third-order valence-electron chi connectivity index (χ3n) is 4.73. The number of aliphatic imine (C=N–C) groups is 1. The summed E-state index contributed by atoms with van der Waals surface area (Å²) in [4.78, 5) is 17.6. The summed E-state index contributed by atoms with van der Waals surface area (Å²) in [6.45, 7) is 11.6. The Kier molecular flexibility index (Phi) is 6.89. The van der Waals surface area contributed by atoms with Gasteiger partial charge in [0.2, 0.25) is 0 Å². The highest BCUT2D eigenvalue weighted by Crippen LogP contribution is 2.22. The third kappa shape index (κ3) is 5.93. The van der Waals surface area contributed by atoms with Crippen LogP contribution in [0.25, 0.3) is 0 Å². The Morgan fingerprint density at radius 2 is 1.85 bits per heavy atom. The van der Waals surface area contributed by atoms with Crippen LogP contribution in [0.2, 0.25) is 0 Å². The van der Waals surface area contributed by atoms with Gasteiger partial charge in [-0.15, -0.1) is 0 Å². The molecule has 1 heterocycles. The summed E-state index contributed by atoms with van der Waals surface area (Å²) in [5, 5.41) is 6.79. The van der Waals surface area contributed by atoms with Crippen LogP contribution in [0.3, 0.4) is 0 Å². The molecule has 2 rings (SSSR count). The monoisotopic (exact) mass is 359 g/mol. The molecule has 0 bridgehead atoms. The molecular weight excluding hydrogens is 326 g/mol. The number of carbonyl (C=O) groups is 1. The lowest BCUT2D eigenvalue weighted by atomic mass is 9.87. The predicted molar refractivity (Wildman–Crippen MR) is 107 cm³/mol. The van der Waals surface area contributed by atoms with Crippen LogP contribution in [0.4, 0.5) is 4.79 Å². The fourth-order valence-electron chi connectivity index (χ4n) is 3.04. The number of urea groups is 1. The molecule has 144 valence electrons. The van der Waals surface area contributed by atoms with Crippen molar-refractivity contribution in [2.75, 3.05) is 19.6 Å². The molecule has 6 nitrogen and oxygen atoms in total. The highest BCUT2D eigenvalue weighted by molar-refractivity contribution is 5.80. The van der Waals surface area contributed by atoms with Crippen LogP contribution in [0.15, 0.2) is 29.3 Å². The van der Waals surface area contributed by atoms with Gasteiger partial charge in [-0.1, -0.05) is 45.0 Å². The van der Waals surface area contributed by atoms with Gasteiger partial charge in [-0.2, -0.15) is 0 Å². The molecule has 0 unspecified atom stereocenters.